The van der Waals surface area contributed by atoms with Crippen molar-refractivity contribution in [3.8, 4) is 0 Å². The second-order valence-electron chi connectivity index (χ2n) is 3.82. The summed E-state index contributed by atoms with van der Waals surface area (Å²) in [7, 11) is 0. The van der Waals surface area contributed by atoms with Crippen LogP contribution < -0.4 is 11.5 Å². The Morgan fingerprint density at radius 3 is 2.46 bits per heavy atom. The first-order valence-corrected chi connectivity index (χ1v) is 4.64. The van der Waals surface area contributed by atoms with Gasteiger partial charge in [-0.3, -0.25) is 4.98 Å². The van der Waals surface area contributed by atoms with Crippen LogP contribution in [0.1, 0.15) is 24.4 Å². The standard InChI is InChI=1S/C10H15N3/c11-7-10(3-4-10)9(12)8-1-5-13-6-2-8/h1-2,5-6,9H,3-4,7,11-12H2. The van der Waals surface area contributed by atoms with Crippen LogP contribution in [0.4, 0.5) is 0 Å². The molecule has 13 heavy (non-hydrogen) atoms. The Balaban J connectivity index is 2.18. The molecule has 1 heterocycles. The summed E-state index contributed by atoms with van der Waals surface area (Å²) in [6.45, 7) is 0.691. The maximum atomic E-state index is 6.14. The molecule has 0 spiro atoms. The number of rotatable bonds is 3. The molecule has 0 amide bonds. The summed E-state index contributed by atoms with van der Waals surface area (Å²) in [5.41, 5.74) is 13.2. The van der Waals surface area contributed by atoms with E-state index in [4.69, 9.17) is 11.5 Å². The van der Waals surface area contributed by atoms with Crippen molar-refractivity contribution in [1.82, 2.24) is 4.98 Å². The number of aromatic nitrogens is 1. The lowest BCUT2D eigenvalue weighted by Gasteiger charge is -2.21. The molecule has 0 aromatic carbocycles. The zero-order valence-electron chi connectivity index (χ0n) is 7.61. The zero-order chi connectivity index (χ0) is 9.31. The van der Waals surface area contributed by atoms with Crippen LogP contribution in [0, 0.1) is 5.41 Å². The maximum absolute atomic E-state index is 6.14. The highest BCUT2D eigenvalue weighted by Gasteiger charge is 2.46. The SMILES string of the molecule is NCC1(C(N)c2ccncc2)CC1. The lowest BCUT2D eigenvalue weighted by atomic mass is 9.92. The minimum absolute atomic E-state index is 0.0838. The maximum Gasteiger partial charge on any atom is 0.0365 e. The van der Waals surface area contributed by atoms with Crippen molar-refractivity contribution in [1.29, 1.82) is 0 Å². The van der Waals surface area contributed by atoms with Crippen LogP contribution in [0.2, 0.25) is 0 Å². The molecule has 1 aromatic rings. The summed E-state index contributed by atoms with van der Waals surface area (Å²) >= 11 is 0. The third-order valence-electron chi connectivity index (χ3n) is 3.02. The van der Waals surface area contributed by atoms with Crippen molar-refractivity contribution in [3.63, 3.8) is 0 Å². The second kappa shape index (κ2) is 3.09. The van der Waals surface area contributed by atoms with E-state index in [2.05, 4.69) is 4.98 Å². The molecular weight excluding hydrogens is 162 g/mol. The van der Waals surface area contributed by atoms with Crippen LogP contribution in [0.25, 0.3) is 0 Å². The first-order chi connectivity index (χ1) is 6.28. The van der Waals surface area contributed by atoms with Crippen molar-refractivity contribution in [3.05, 3.63) is 30.1 Å². The molecule has 1 saturated carbocycles. The van der Waals surface area contributed by atoms with E-state index >= 15 is 0 Å². The quantitative estimate of drug-likeness (QED) is 0.718. The molecule has 2 rings (SSSR count). The van der Waals surface area contributed by atoms with Crippen molar-refractivity contribution in [2.24, 2.45) is 16.9 Å². The van der Waals surface area contributed by atoms with Gasteiger partial charge < -0.3 is 11.5 Å². The number of nitrogens with two attached hydrogens (primary N) is 2. The molecule has 0 saturated heterocycles. The topological polar surface area (TPSA) is 64.9 Å². The Bertz CT molecular complexity index is 279. The fourth-order valence-electron chi connectivity index (χ4n) is 1.73. The summed E-state index contributed by atoms with van der Waals surface area (Å²) in [6.07, 6.45) is 5.88. The fourth-order valence-corrected chi connectivity index (χ4v) is 1.73. The smallest absolute Gasteiger partial charge is 0.0365 e. The van der Waals surface area contributed by atoms with E-state index in [0.29, 0.717) is 6.54 Å². The Kier molecular flexibility index (Phi) is 2.06. The van der Waals surface area contributed by atoms with Gasteiger partial charge in [0.05, 0.1) is 0 Å². The van der Waals surface area contributed by atoms with Crippen LogP contribution in [0.15, 0.2) is 24.5 Å². The summed E-state index contributed by atoms with van der Waals surface area (Å²) in [5, 5.41) is 0. The fraction of sp³-hybridized carbons (Fsp3) is 0.500. The first kappa shape index (κ1) is 8.66. The summed E-state index contributed by atoms with van der Waals surface area (Å²) < 4.78 is 0. The van der Waals surface area contributed by atoms with Crippen molar-refractivity contribution in [2.45, 2.75) is 18.9 Å². The molecule has 0 radical (unpaired) electrons. The predicted octanol–water partition coefficient (Wildman–Crippen LogP) is 0.820. The van der Waals surface area contributed by atoms with Gasteiger partial charge in [0.25, 0.3) is 0 Å². The first-order valence-electron chi connectivity index (χ1n) is 4.64. The third kappa shape index (κ3) is 1.45. The summed E-state index contributed by atoms with van der Waals surface area (Å²) in [4.78, 5) is 3.97. The van der Waals surface area contributed by atoms with Gasteiger partial charge in [-0.25, -0.2) is 0 Å². The molecule has 1 aliphatic rings. The van der Waals surface area contributed by atoms with Crippen LogP contribution >= 0.6 is 0 Å². The van der Waals surface area contributed by atoms with Crippen molar-refractivity contribution in [2.75, 3.05) is 6.54 Å². The molecule has 1 atom stereocenters. The van der Waals surface area contributed by atoms with E-state index in [0.717, 1.165) is 18.4 Å². The molecule has 1 aliphatic carbocycles. The number of hydrogen-bond acceptors (Lipinski definition) is 3. The van der Waals surface area contributed by atoms with E-state index in [9.17, 15) is 0 Å². The number of hydrogen-bond donors (Lipinski definition) is 2. The van der Waals surface area contributed by atoms with E-state index in [1.807, 2.05) is 12.1 Å². The van der Waals surface area contributed by atoms with Gasteiger partial charge in [0.2, 0.25) is 0 Å². The van der Waals surface area contributed by atoms with E-state index < -0.39 is 0 Å². The van der Waals surface area contributed by atoms with Gasteiger partial charge in [0, 0.05) is 23.9 Å². The van der Waals surface area contributed by atoms with E-state index in [1.165, 1.54) is 0 Å². The monoisotopic (exact) mass is 177 g/mol. The highest BCUT2D eigenvalue weighted by atomic mass is 14.8. The molecule has 1 unspecified atom stereocenters. The highest BCUT2D eigenvalue weighted by molar-refractivity contribution is 5.21. The highest BCUT2D eigenvalue weighted by Crippen LogP contribution is 2.52. The molecule has 1 fully saturated rings. The molecule has 0 aliphatic heterocycles. The minimum Gasteiger partial charge on any atom is -0.330 e. The normalized spacial score (nSPS) is 21.1. The Morgan fingerprint density at radius 2 is 2.00 bits per heavy atom. The van der Waals surface area contributed by atoms with E-state index in [1.54, 1.807) is 12.4 Å². The zero-order valence-corrected chi connectivity index (χ0v) is 7.61. The van der Waals surface area contributed by atoms with Crippen LogP contribution in [0.5, 0.6) is 0 Å². The van der Waals surface area contributed by atoms with Crippen molar-refractivity contribution < 1.29 is 0 Å². The van der Waals surface area contributed by atoms with Crippen LogP contribution in [-0.4, -0.2) is 11.5 Å². The lowest BCUT2D eigenvalue weighted by molar-refractivity contribution is 0.419. The largest absolute Gasteiger partial charge is 0.330 e. The van der Waals surface area contributed by atoms with Gasteiger partial charge in [0.1, 0.15) is 0 Å². The lowest BCUT2D eigenvalue weighted by Crippen LogP contribution is -2.29. The van der Waals surface area contributed by atoms with E-state index in [-0.39, 0.29) is 11.5 Å². The Hall–Kier alpha value is -0.930. The molecule has 70 valence electrons. The summed E-state index contributed by atoms with van der Waals surface area (Å²) in [6, 6.07) is 4.03. The van der Waals surface area contributed by atoms with Crippen LogP contribution in [-0.2, 0) is 0 Å². The summed E-state index contributed by atoms with van der Waals surface area (Å²) in [5.74, 6) is 0. The minimum atomic E-state index is 0.0838. The molecule has 3 heteroatoms. The average Bonchev–Trinajstić information content (AvgIpc) is 2.99. The Labute approximate surface area is 78.1 Å². The Morgan fingerprint density at radius 1 is 1.38 bits per heavy atom. The van der Waals surface area contributed by atoms with Gasteiger partial charge in [0.15, 0.2) is 0 Å². The van der Waals surface area contributed by atoms with Gasteiger partial charge in [-0.1, -0.05) is 0 Å². The molecule has 0 bridgehead atoms. The van der Waals surface area contributed by atoms with Gasteiger partial charge in [-0.15, -0.1) is 0 Å². The molecule has 4 N–H and O–H groups in total. The van der Waals surface area contributed by atoms with Crippen LogP contribution in [0.3, 0.4) is 0 Å². The van der Waals surface area contributed by atoms with Crippen molar-refractivity contribution >= 4 is 0 Å². The second-order valence-corrected chi connectivity index (χ2v) is 3.82. The molecule has 1 aromatic heterocycles. The predicted molar refractivity (Wildman–Crippen MR) is 51.9 cm³/mol. The average molecular weight is 177 g/mol. The number of pyridine rings is 1. The molecular formula is C10H15N3. The third-order valence-corrected chi connectivity index (χ3v) is 3.02. The van der Waals surface area contributed by atoms with Gasteiger partial charge in [-0.05, 0) is 37.1 Å². The van der Waals surface area contributed by atoms with Gasteiger partial charge >= 0.3 is 0 Å². The molecule has 3 nitrogen and oxygen atoms in total. The van der Waals surface area contributed by atoms with Gasteiger partial charge in [-0.2, -0.15) is 0 Å². The number of nitrogens with zero attached hydrogens (tertiary/aromatic N) is 1.